The Morgan fingerprint density at radius 1 is 1.47 bits per heavy atom. The molecule has 0 amide bonds. The van der Waals surface area contributed by atoms with Gasteiger partial charge in [0.25, 0.3) is 0 Å². The number of halogens is 2. The Hall–Kier alpha value is -0.700. The Kier molecular flexibility index (Phi) is 4.95. The van der Waals surface area contributed by atoms with Crippen molar-refractivity contribution in [1.82, 2.24) is 5.32 Å². The van der Waals surface area contributed by atoms with E-state index in [1.807, 2.05) is 7.05 Å². The standard InChI is InChI=1S/C11H13Cl2NO/c1-8(6-14-2)7-15-11-4-3-9(12)5-10(11)13/h3-5,14H,1,6-7H2,2H3. The summed E-state index contributed by atoms with van der Waals surface area (Å²) in [6.07, 6.45) is 0. The van der Waals surface area contributed by atoms with Crippen LogP contribution in [0.1, 0.15) is 0 Å². The second-order valence-electron chi connectivity index (χ2n) is 3.14. The van der Waals surface area contributed by atoms with E-state index in [0.717, 1.165) is 12.1 Å². The average molecular weight is 246 g/mol. The molecular formula is C11H13Cl2NO. The Balaban J connectivity index is 2.54. The largest absolute Gasteiger partial charge is 0.488 e. The van der Waals surface area contributed by atoms with E-state index in [4.69, 9.17) is 27.9 Å². The second kappa shape index (κ2) is 6.01. The van der Waals surface area contributed by atoms with E-state index in [2.05, 4.69) is 11.9 Å². The van der Waals surface area contributed by atoms with E-state index in [1.165, 1.54) is 0 Å². The van der Waals surface area contributed by atoms with E-state index in [-0.39, 0.29) is 0 Å². The molecule has 0 aliphatic carbocycles. The molecule has 0 saturated carbocycles. The maximum Gasteiger partial charge on any atom is 0.138 e. The molecule has 1 aromatic rings. The number of hydrogen-bond donors (Lipinski definition) is 1. The van der Waals surface area contributed by atoms with Gasteiger partial charge in [-0.1, -0.05) is 29.8 Å². The van der Waals surface area contributed by atoms with Crippen LogP contribution in [0.4, 0.5) is 0 Å². The fraction of sp³-hybridized carbons (Fsp3) is 0.273. The van der Waals surface area contributed by atoms with E-state index in [1.54, 1.807) is 18.2 Å². The molecular weight excluding hydrogens is 233 g/mol. The van der Waals surface area contributed by atoms with Crippen molar-refractivity contribution in [1.29, 1.82) is 0 Å². The molecule has 0 heterocycles. The lowest BCUT2D eigenvalue weighted by molar-refractivity contribution is 0.349. The lowest BCUT2D eigenvalue weighted by Gasteiger charge is -2.09. The van der Waals surface area contributed by atoms with Gasteiger partial charge < -0.3 is 10.1 Å². The first kappa shape index (κ1) is 12.4. The van der Waals surface area contributed by atoms with Crippen LogP contribution in [0.5, 0.6) is 5.75 Å². The summed E-state index contributed by atoms with van der Waals surface area (Å²) in [7, 11) is 1.86. The summed E-state index contributed by atoms with van der Waals surface area (Å²) >= 11 is 11.7. The molecule has 1 aromatic carbocycles. The smallest absolute Gasteiger partial charge is 0.138 e. The van der Waals surface area contributed by atoms with E-state index in [9.17, 15) is 0 Å². The minimum atomic E-state index is 0.447. The Morgan fingerprint density at radius 2 is 2.20 bits per heavy atom. The third kappa shape index (κ3) is 4.12. The lowest BCUT2D eigenvalue weighted by atomic mass is 10.3. The molecule has 0 atom stereocenters. The molecule has 1 N–H and O–H groups in total. The minimum Gasteiger partial charge on any atom is -0.488 e. The molecule has 0 fully saturated rings. The molecule has 1 rings (SSSR count). The van der Waals surface area contributed by atoms with Gasteiger partial charge in [0, 0.05) is 11.6 Å². The molecule has 0 bridgehead atoms. The molecule has 0 radical (unpaired) electrons. The van der Waals surface area contributed by atoms with E-state index >= 15 is 0 Å². The Labute approximate surface area is 99.8 Å². The number of ether oxygens (including phenoxy) is 1. The van der Waals surface area contributed by atoms with Crippen LogP contribution in [0.25, 0.3) is 0 Å². The summed E-state index contributed by atoms with van der Waals surface area (Å²) in [5.74, 6) is 0.623. The van der Waals surface area contributed by atoms with Gasteiger partial charge in [0.15, 0.2) is 0 Å². The van der Waals surface area contributed by atoms with Crippen LogP contribution < -0.4 is 10.1 Å². The highest BCUT2D eigenvalue weighted by Gasteiger charge is 2.02. The highest BCUT2D eigenvalue weighted by molar-refractivity contribution is 6.35. The summed E-state index contributed by atoms with van der Waals surface area (Å²) in [6.45, 7) is 5.02. The van der Waals surface area contributed by atoms with E-state index < -0.39 is 0 Å². The van der Waals surface area contributed by atoms with Gasteiger partial charge in [-0.05, 0) is 30.8 Å². The van der Waals surface area contributed by atoms with Crippen molar-refractivity contribution in [3.05, 3.63) is 40.4 Å². The summed E-state index contributed by atoms with van der Waals surface area (Å²) < 4.78 is 5.48. The van der Waals surface area contributed by atoms with Crippen LogP contribution in [0.15, 0.2) is 30.4 Å². The summed E-state index contributed by atoms with van der Waals surface area (Å²) in [6, 6.07) is 5.14. The van der Waals surface area contributed by atoms with Gasteiger partial charge in [0.05, 0.1) is 5.02 Å². The highest BCUT2D eigenvalue weighted by Crippen LogP contribution is 2.27. The number of nitrogens with one attached hydrogen (secondary N) is 1. The van der Waals surface area contributed by atoms with Crippen LogP contribution in [0, 0.1) is 0 Å². The third-order valence-electron chi connectivity index (χ3n) is 1.75. The van der Waals surface area contributed by atoms with Gasteiger partial charge in [0.1, 0.15) is 12.4 Å². The molecule has 0 aromatic heterocycles. The second-order valence-corrected chi connectivity index (χ2v) is 3.99. The van der Waals surface area contributed by atoms with Crippen LogP contribution >= 0.6 is 23.2 Å². The summed E-state index contributed by atoms with van der Waals surface area (Å²) in [5.41, 5.74) is 0.962. The van der Waals surface area contributed by atoms with Gasteiger partial charge in [-0.3, -0.25) is 0 Å². The van der Waals surface area contributed by atoms with Crippen molar-refractivity contribution in [2.45, 2.75) is 0 Å². The number of likely N-dealkylation sites (N-methyl/N-ethyl adjacent to an activating group) is 1. The van der Waals surface area contributed by atoms with Gasteiger partial charge in [-0.25, -0.2) is 0 Å². The molecule has 82 valence electrons. The fourth-order valence-electron chi connectivity index (χ4n) is 1.07. The van der Waals surface area contributed by atoms with Crippen LogP contribution in [0.2, 0.25) is 10.0 Å². The topological polar surface area (TPSA) is 21.3 Å². The van der Waals surface area contributed by atoms with Gasteiger partial charge in [-0.2, -0.15) is 0 Å². The lowest BCUT2D eigenvalue weighted by Crippen LogP contribution is -2.14. The van der Waals surface area contributed by atoms with Gasteiger partial charge >= 0.3 is 0 Å². The zero-order valence-corrected chi connectivity index (χ0v) is 10.0. The third-order valence-corrected chi connectivity index (χ3v) is 2.28. The molecule has 0 spiro atoms. The van der Waals surface area contributed by atoms with Gasteiger partial charge in [-0.15, -0.1) is 0 Å². The Bertz CT molecular complexity index is 352. The zero-order valence-electron chi connectivity index (χ0n) is 8.52. The Morgan fingerprint density at radius 3 is 2.80 bits per heavy atom. The van der Waals surface area contributed by atoms with Crippen molar-refractivity contribution in [3.63, 3.8) is 0 Å². The summed E-state index contributed by atoms with van der Waals surface area (Å²) in [4.78, 5) is 0. The minimum absolute atomic E-state index is 0.447. The molecule has 0 aliphatic heterocycles. The van der Waals surface area contributed by atoms with Gasteiger partial charge in [0.2, 0.25) is 0 Å². The summed E-state index contributed by atoms with van der Waals surface area (Å²) in [5, 5.41) is 4.11. The van der Waals surface area contributed by atoms with Crippen molar-refractivity contribution >= 4 is 23.2 Å². The maximum absolute atomic E-state index is 5.94. The highest BCUT2D eigenvalue weighted by atomic mass is 35.5. The van der Waals surface area contributed by atoms with Crippen molar-refractivity contribution in [3.8, 4) is 5.75 Å². The first-order valence-electron chi connectivity index (χ1n) is 4.52. The van der Waals surface area contributed by atoms with E-state index in [0.29, 0.717) is 22.4 Å². The number of hydrogen-bond acceptors (Lipinski definition) is 2. The average Bonchev–Trinajstić information content (AvgIpc) is 2.17. The molecule has 0 unspecified atom stereocenters. The van der Waals surface area contributed by atoms with Crippen LogP contribution in [-0.2, 0) is 0 Å². The molecule has 15 heavy (non-hydrogen) atoms. The van der Waals surface area contributed by atoms with Crippen molar-refractivity contribution in [2.24, 2.45) is 0 Å². The number of benzene rings is 1. The molecule has 4 heteroatoms. The predicted molar refractivity (Wildman–Crippen MR) is 65.0 cm³/mol. The fourth-order valence-corrected chi connectivity index (χ4v) is 1.54. The first-order valence-corrected chi connectivity index (χ1v) is 5.28. The molecule has 0 saturated heterocycles. The predicted octanol–water partition coefficient (Wildman–Crippen LogP) is 3.15. The first-order chi connectivity index (χ1) is 7.13. The van der Waals surface area contributed by atoms with Crippen LogP contribution in [-0.4, -0.2) is 20.2 Å². The van der Waals surface area contributed by atoms with Crippen LogP contribution in [0.3, 0.4) is 0 Å². The maximum atomic E-state index is 5.94. The molecule has 0 aliphatic rings. The SMILES string of the molecule is C=C(CNC)COc1ccc(Cl)cc1Cl. The quantitative estimate of drug-likeness (QED) is 0.806. The molecule has 2 nitrogen and oxygen atoms in total. The van der Waals surface area contributed by atoms with Crippen molar-refractivity contribution in [2.75, 3.05) is 20.2 Å². The van der Waals surface area contributed by atoms with Crippen molar-refractivity contribution < 1.29 is 4.74 Å². The zero-order chi connectivity index (χ0) is 11.3. The number of rotatable bonds is 5. The monoisotopic (exact) mass is 245 g/mol. The normalized spacial score (nSPS) is 10.1.